The van der Waals surface area contributed by atoms with E-state index in [1.165, 1.54) is 5.56 Å². The van der Waals surface area contributed by atoms with Gasteiger partial charge in [-0.1, -0.05) is 62.4 Å². The minimum atomic E-state index is -0.207. The largest absolute Gasteiger partial charge is 0.507 e. The number of likely N-dealkylation sites (N-methyl/N-ethyl adjacent to an activating group) is 1. The molecule has 2 N–H and O–H groups in total. The molecule has 2 aliphatic heterocycles. The molecule has 3 aromatic rings. The number of likely N-dealkylation sites (tertiary alicyclic amines) is 1. The lowest BCUT2D eigenvalue weighted by atomic mass is 9.54. The maximum Gasteiger partial charge on any atom is 0.255 e. The van der Waals surface area contributed by atoms with Crippen molar-refractivity contribution >= 4 is 5.91 Å². The van der Waals surface area contributed by atoms with Crippen LogP contribution in [0.2, 0.25) is 0 Å². The third-order valence-corrected chi connectivity index (χ3v) is 9.42. The van der Waals surface area contributed by atoms with E-state index in [9.17, 15) is 9.90 Å². The van der Waals surface area contributed by atoms with Gasteiger partial charge in [0.15, 0.2) is 11.5 Å². The SMILES string of the molecule is CC.CN1CCC23CCC=CC2C1Cc1ccc(C(=O)NCCc2ccc(-c4ccc5c(c4)OCO5)cc2)c(O)c13. The molecule has 0 spiro atoms. The van der Waals surface area contributed by atoms with Crippen LogP contribution in [0.5, 0.6) is 17.2 Å². The minimum Gasteiger partial charge on any atom is -0.507 e. The van der Waals surface area contributed by atoms with Gasteiger partial charge in [-0.3, -0.25) is 4.79 Å². The van der Waals surface area contributed by atoms with Crippen molar-refractivity contribution in [3.63, 3.8) is 0 Å². The second kappa shape index (κ2) is 11.2. The van der Waals surface area contributed by atoms with E-state index in [2.05, 4.69) is 59.7 Å². The fourth-order valence-corrected chi connectivity index (χ4v) is 7.36. The molecule has 1 fully saturated rings. The van der Waals surface area contributed by atoms with E-state index < -0.39 is 0 Å². The lowest BCUT2D eigenvalue weighted by Gasteiger charge is -2.56. The number of hydrogen-bond donors (Lipinski definition) is 2. The maximum atomic E-state index is 13.2. The highest BCUT2D eigenvalue weighted by Crippen LogP contribution is 2.56. The number of phenolic OH excluding ortho intramolecular Hbond substituents is 1. The number of hydrogen-bond acceptors (Lipinski definition) is 5. The first-order valence-corrected chi connectivity index (χ1v) is 15.0. The second-order valence-corrected chi connectivity index (χ2v) is 11.4. The lowest BCUT2D eigenvalue weighted by Crippen LogP contribution is -2.58. The number of phenols is 1. The van der Waals surface area contributed by atoms with Crippen LogP contribution >= 0.6 is 0 Å². The predicted molar refractivity (Wildman–Crippen MR) is 162 cm³/mol. The Balaban J connectivity index is 0.00000148. The van der Waals surface area contributed by atoms with Crippen molar-refractivity contribution in [1.82, 2.24) is 10.2 Å². The molecular weight excluding hydrogens is 512 g/mol. The van der Waals surface area contributed by atoms with Gasteiger partial charge in [0, 0.05) is 29.5 Å². The Morgan fingerprint density at radius 1 is 1.02 bits per heavy atom. The summed E-state index contributed by atoms with van der Waals surface area (Å²) in [4.78, 5) is 15.7. The summed E-state index contributed by atoms with van der Waals surface area (Å²) in [7, 11) is 2.22. The van der Waals surface area contributed by atoms with Crippen LogP contribution in [0, 0.1) is 5.92 Å². The van der Waals surface area contributed by atoms with Gasteiger partial charge in [0.25, 0.3) is 5.91 Å². The first-order chi connectivity index (χ1) is 20.0. The van der Waals surface area contributed by atoms with Crippen LogP contribution in [-0.4, -0.2) is 48.9 Å². The molecular formula is C35H40N2O4. The highest BCUT2D eigenvalue weighted by molar-refractivity contribution is 5.97. The zero-order chi connectivity index (χ0) is 28.6. The number of aromatic hydroxyl groups is 1. The molecule has 6 nitrogen and oxygen atoms in total. The molecule has 3 unspecified atom stereocenters. The van der Waals surface area contributed by atoms with Crippen LogP contribution in [0.3, 0.4) is 0 Å². The van der Waals surface area contributed by atoms with Crippen LogP contribution in [-0.2, 0) is 18.3 Å². The highest BCUT2D eigenvalue weighted by atomic mass is 16.7. The third-order valence-electron chi connectivity index (χ3n) is 9.42. The summed E-state index contributed by atoms with van der Waals surface area (Å²) >= 11 is 0. The number of ether oxygens (including phenoxy) is 2. The summed E-state index contributed by atoms with van der Waals surface area (Å²) in [6.45, 7) is 5.79. The van der Waals surface area contributed by atoms with Gasteiger partial charge in [-0.15, -0.1) is 0 Å². The van der Waals surface area contributed by atoms with Gasteiger partial charge in [0.1, 0.15) is 5.75 Å². The van der Waals surface area contributed by atoms with Gasteiger partial charge in [-0.2, -0.15) is 0 Å². The Bertz CT molecular complexity index is 1460. The first-order valence-electron chi connectivity index (χ1n) is 15.0. The molecule has 4 aliphatic rings. The summed E-state index contributed by atoms with van der Waals surface area (Å²) in [5.41, 5.74) is 5.89. The summed E-state index contributed by atoms with van der Waals surface area (Å²) in [5, 5.41) is 14.6. The van der Waals surface area contributed by atoms with Gasteiger partial charge in [-0.05, 0) is 86.1 Å². The van der Waals surface area contributed by atoms with Crippen molar-refractivity contribution in [3.8, 4) is 28.4 Å². The van der Waals surface area contributed by atoms with Crippen LogP contribution in [0.25, 0.3) is 11.1 Å². The number of amides is 1. The number of nitrogens with zero attached hydrogens (tertiary/aromatic N) is 1. The molecule has 1 saturated heterocycles. The first kappa shape index (κ1) is 27.4. The van der Waals surface area contributed by atoms with Crippen molar-refractivity contribution < 1.29 is 19.4 Å². The number of nitrogens with one attached hydrogen (secondary N) is 1. The van der Waals surface area contributed by atoms with E-state index >= 15 is 0 Å². The van der Waals surface area contributed by atoms with Gasteiger partial charge in [0.05, 0.1) is 5.56 Å². The normalized spacial score (nSPS) is 23.6. The van der Waals surface area contributed by atoms with Crippen molar-refractivity contribution in [1.29, 1.82) is 0 Å². The lowest BCUT2D eigenvalue weighted by molar-refractivity contribution is 0.0460. The molecule has 3 atom stereocenters. The Morgan fingerprint density at radius 2 is 1.80 bits per heavy atom. The molecule has 1 amide bonds. The molecule has 3 aromatic carbocycles. The molecule has 214 valence electrons. The molecule has 7 rings (SSSR count). The van der Waals surface area contributed by atoms with Gasteiger partial charge in [-0.25, -0.2) is 0 Å². The molecule has 2 heterocycles. The monoisotopic (exact) mass is 552 g/mol. The van der Waals surface area contributed by atoms with E-state index in [1.54, 1.807) is 0 Å². The molecule has 0 aromatic heterocycles. The Hall–Kier alpha value is -3.77. The summed E-state index contributed by atoms with van der Waals surface area (Å²) in [6.07, 6.45) is 9.38. The predicted octanol–water partition coefficient (Wildman–Crippen LogP) is 6.25. The zero-order valence-electron chi connectivity index (χ0n) is 24.3. The standard InChI is InChI=1S/C33H34N2O4.C2H6/c1-35-17-15-33-14-3-2-4-26(33)27(35)18-24-9-11-25(31(36)30(24)33)32(37)34-16-13-21-5-7-22(8-6-21)23-10-12-28-29(19-23)39-20-38-28;1-2/h2,4-12,19,26-27,36H,3,13-18,20H2,1H3,(H,34,37);1-2H3. The van der Waals surface area contributed by atoms with E-state index in [1.807, 2.05) is 38.1 Å². The topological polar surface area (TPSA) is 71.0 Å². The number of rotatable bonds is 5. The third kappa shape index (κ3) is 4.78. The number of allylic oxidation sites excluding steroid dienone is 1. The Kier molecular flexibility index (Phi) is 7.52. The molecule has 41 heavy (non-hydrogen) atoms. The van der Waals surface area contributed by atoms with Crippen LogP contribution in [0.1, 0.15) is 60.2 Å². The number of piperidine rings is 1. The number of carbonyl (C=O) groups is 1. The maximum absolute atomic E-state index is 13.2. The average Bonchev–Trinajstić information content (AvgIpc) is 3.48. The second-order valence-electron chi connectivity index (χ2n) is 11.4. The number of fused-ring (bicyclic) bond motifs is 2. The van der Waals surface area contributed by atoms with Crippen LogP contribution in [0.15, 0.2) is 66.7 Å². The molecule has 6 heteroatoms. The van der Waals surface area contributed by atoms with Crippen molar-refractivity contribution in [2.24, 2.45) is 5.92 Å². The molecule has 2 aliphatic carbocycles. The van der Waals surface area contributed by atoms with Crippen molar-refractivity contribution in [2.45, 2.75) is 57.4 Å². The van der Waals surface area contributed by atoms with E-state index in [0.717, 1.165) is 66.0 Å². The molecule has 0 saturated carbocycles. The highest BCUT2D eigenvalue weighted by Gasteiger charge is 2.53. The van der Waals surface area contributed by atoms with E-state index in [4.69, 9.17) is 9.47 Å². The minimum absolute atomic E-state index is 0.0698. The van der Waals surface area contributed by atoms with Gasteiger partial charge >= 0.3 is 0 Å². The van der Waals surface area contributed by atoms with E-state index in [0.29, 0.717) is 30.5 Å². The summed E-state index contributed by atoms with van der Waals surface area (Å²) in [5.74, 6) is 1.93. The Labute approximate surface area is 243 Å². The number of benzene rings is 3. The molecule has 2 bridgehead atoms. The Morgan fingerprint density at radius 3 is 2.63 bits per heavy atom. The summed E-state index contributed by atoms with van der Waals surface area (Å²) < 4.78 is 10.9. The quantitative estimate of drug-likeness (QED) is 0.366. The smallest absolute Gasteiger partial charge is 0.255 e. The molecule has 0 radical (unpaired) electrons. The van der Waals surface area contributed by atoms with E-state index in [-0.39, 0.29) is 23.9 Å². The van der Waals surface area contributed by atoms with Gasteiger partial charge in [0.2, 0.25) is 6.79 Å². The van der Waals surface area contributed by atoms with Crippen molar-refractivity contribution in [2.75, 3.05) is 26.9 Å². The zero-order valence-corrected chi connectivity index (χ0v) is 24.3. The fourth-order valence-electron chi connectivity index (χ4n) is 7.36. The average molecular weight is 553 g/mol. The van der Waals surface area contributed by atoms with Crippen LogP contribution in [0.4, 0.5) is 0 Å². The fraction of sp³-hybridized carbons (Fsp3) is 0.400. The van der Waals surface area contributed by atoms with Crippen LogP contribution < -0.4 is 14.8 Å². The van der Waals surface area contributed by atoms with Crippen molar-refractivity contribution in [3.05, 3.63) is 89.0 Å². The number of carbonyl (C=O) groups excluding carboxylic acids is 1. The van der Waals surface area contributed by atoms with Gasteiger partial charge < -0.3 is 24.8 Å². The summed E-state index contributed by atoms with van der Waals surface area (Å²) in [6, 6.07) is 18.7.